The van der Waals surface area contributed by atoms with E-state index in [9.17, 15) is 18.0 Å². The van der Waals surface area contributed by atoms with Crippen molar-refractivity contribution in [2.75, 3.05) is 13.1 Å². The van der Waals surface area contributed by atoms with E-state index in [0.717, 1.165) is 10.5 Å². The highest BCUT2D eigenvalue weighted by Crippen LogP contribution is 2.30. The molecule has 2 N–H and O–H groups in total. The van der Waals surface area contributed by atoms with Gasteiger partial charge in [-0.3, -0.25) is 4.79 Å². The fourth-order valence-electron chi connectivity index (χ4n) is 1.53. The van der Waals surface area contributed by atoms with E-state index >= 15 is 0 Å². The average molecular weight is 236 g/mol. The van der Waals surface area contributed by atoms with Gasteiger partial charge in [-0.1, -0.05) is 11.6 Å². The minimum absolute atomic E-state index is 0.224. The maximum atomic E-state index is 12.5. The molecule has 0 radical (unpaired) electrons. The summed E-state index contributed by atoms with van der Waals surface area (Å²) in [4.78, 5) is 12.8. The van der Waals surface area contributed by atoms with E-state index < -0.39 is 17.6 Å². The molecule has 0 spiro atoms. The van der Waals surface area contributed by atoms with Crippen LogP contribution >= 0.6 is 0 Å². The monoisotopic (exact) mass is 236 g/mol. The van der Waals surface area contributed by atoms with Crippen molar-refractivity contribution in [3.63, 3.8) is 0 Å². The molecule has 1 amide bonds. The molecule has 0 aromatic rings. The van der Waals surface area contributed by atoms with Crippen molar-refractivity contribution in [1.29, 1.82) is 0 Å². The largest absolute Gasteiger partial charge is 0.415 e. The number of carbonyl (C=O) groups is 1. The molecule has 0 aromatic carbocycles. The Kier molecular flexibility index (Phi) is 3.33. The van der Waals surface area contributed by atoms with Crippen molar-refractivity contribution in [2.45, 2.75) is 32.0 Å². The second-order valence-corrected chi connectivity index (χ2v) is 4.27. The predicted octanol–water partition coefficient (Wildman–Crippen LogP) is 1.44. The number of carbonyl (C=O) groups excluding carboxylic acids is 1. The molecule has 1 heterocycles. The molecule has 0 saturated carbocycles. The summed E-state index contributed by atoms with van der Waals surface area (Å²) in [6, 6.07) is 0. The standard InChI is InChI=1S/C10H15F3N2O/c1-7-4-3-5-15(6-7)8(16)9(2,14)10(11,12)13/h4H,3,5-6,14H2,1-2H3. The lowest BCUT2D eigenvalue weighted by atomic mass is 9.99. The maximum absolute atomic E-state index is 12.5. The first kappa shape index (κ1) is 13.0. The zero-order valence-electron chi connectivity index (χ0n) is 9.27. The molecule has 3 nitrogen and oxygen atoms in total. The Morgan fingerprint density at radius 3 is 2.50 bits per heavy atom. The number of nitrogens with two attached hydrogens (primary N) is 1. The Balaban J connectivity index is 2.83. The van der Waals surface area contributed by atoms with Gasteiger partial charge in [0, 0.05) is 13.1 Å². The zero-order valence-corrected chi connectivity index (χ0v) is 9.27. The Labute approximate surface area is 92.1 Å². The van der Waals surface area contributed by atoms with Crippen LogP contribution in [0.1, 0.15) is 20.3 Å². The van der Waals surface area contributed by atoms with Crippen molar-refractivity contribution in [3.8, 4) is 0 Å². The van der Waals surface area contributed by atoms with E-state index in [1.807, 2.05) is 6.08 Å². The van der Waals surface area contributed by atoms with Crippen molar-refractivity contribution in [2.24, 2.45) is 5.73 Å². The molecule has 1 unspecified atom stereocenters. The van der Waals surface area contributed by atoms with Crippen LogP contribution in [0.4, 0.5) is 13.2 Å². The van der Waals surface area contributed by atoms with Crippen molar-refractivity contribution in [3.05, 3.63) is 11.6 Å². The summed E-state index contributed by atoms with van der Waals surface area (Å²) in [6.45, 7) is 3.00. The minimum atomic E-state index is -4.72. The van der Waals surface area contributed by atoms with Crippen LogP contribution in [0.3, 0.4) is 0 Å². The molecular formula is C10H15F3N2O. The Bertz CT molecular complexity index is 321. The first-order chi connectivity index (χ1) is 7.16. The van der Waals surface area contributed by atoms with Gasteiger partial charge in [0.05, 0.1) is 0 Å². The zero-order chi connectivity index (χ0) is 12.6. The third kappa shape index (κ3) is 2.37. The van der Waals surface area contributed by atoms with E-state index in [2.05, 4.69) is 0 Å². The molecule has 0 fully saturated rings. The van der Waals surface area contributed by atoms with Gasteiger partial charge in [-0.2, -0.15) is 13.2 Å². The highest BCUT2D eigenvalue weighted by molar-refractivity contribution is 5.87. The van der Waals surface area contributed by atoms with Crippen molar-refractivity contribution >= 4 is 5.91 Å². The van der Waals surface area contributed by atoms with Gasteiger partial charge in [0.25, 0.3) is 5.91 Å². The molecule has 92 valence electrons. The van der Waals surface area contributed by atoms with Gasteiger partial charge in [-0.05, 0) is 20.3 Å². The lowest BCUT2D eigenvalue weighted by Crippen LogP contribution is -2.62. The number of hydrogen-bond donors (Lipinski definition) is 1. The summed E-state index contributed by atoms with van der Waals surface area (Å²) in [6.07, 6.45) is -2.24. The van der Waals surface area contributed by atoms with E-state index in [-0.39, 0.29) is 6.54 Å². The SMILES string of the molecule is CC1=CCCN(C(=O)C(C)(N)C(F)(F)F)C1. The minimum Gasteiger partial charge on any atom is -0.337 e. The Morgan fingerprint density at radius 2 is 2.06 bits per heavy atom. The van der Waals surface area contributed by atoms with Crippen LogP contribution in [0.15, 0.2) is 11.6 Å². The fraction of sp³-hybridized carbons (Fsp3) is 0.700. The number of alkyl halides is 3. The van der Waals surface area contributed by atoms with Crippen LogP contribution in [0, 0.1) is 0 Å². The van der Waals surface area contributed by atoms with Gasteiger partial charge in [0.1, 0.15) is 0 Å². The lowest BCUT2D eigenvalue weighted by Gasteiger charge is -2.34. The summed E-state index contributed by atoms with van der Waals surface area (Å²) >= 11 is 0. The van der Waals surface area contributed by atoms with E-state index in [0.29, 0.717) is 19.9 Å². The molecule has 16 heavy (non-hydrogen) atoms. The average Bonchev–Trinajstić information content (AvgIpc) is 2.14. The Hall–Kier alpha value is -1.04. The summed E-state index contributed by atoms with van der Waals surface area (Å²) < 4.78 is 37.6. The van der Waals surface area contributed by atoms with Crippen molar-refractivity contribution < 1.29 is 18.0 Å². The van der Waals surface area contributed by atoms with Crippen LogP contribution in [0.2, 0.25) is 0 Å². The maximum Gasteiger partial charge on any atom is 0.415 e. The van der Waals surface area contributed by atoms with Gasteiger partial charge >= 0.3 is 6.18 Å². The lowest BCUT2D eigenvalue weighted by molar-refractivity contribution is -0.193. The van der Waals surface area contributed by atoms with Gasteiger partial charge in [0.2, 0.25) is 0 Å². The number of hydrogen-bond acceptors (Lipinski definition) is 2. The van der Waals surface area contributed by atoms with Crippen LogP contribution in [-0.4, -0.2) is 35.6 Å². The molecule has 6 heteroatoms. The predicted molar refractivity (Wildman–Crippen MR) is 53.6 cm³/mol. The second kappa shape index (κ2) is 4.08. The third-order valence-corrected chi connectivity index (χ3v) is 2.65. The summed E-state index contributed by atoms with van der Waals surface area (Å²) in [7, 11) is 0. The molecule has 1 rings (SSSR count). The molecule has 0 aromatic heterocycles. The topological polar surface area (TPSA) is 46.3 Å². The Morgan fingerprint density at radius 1 is 1.50 bits per heavy atom. The van der Waals surface area contributed by atoms with Gasteiger partial charge in [-0.25, -0.2) is 0 Å². The molecule has 0 bridgehead atoms. The van der Waals surface area contributed by atoms with Gasteiger partial charge < -0.3 is 10.6 Å². The molecule has 1 atom stereocenters. The van der Waals surface area contributed by atoms with Crippen LogP contribution in [0.5, 0.6) is 0 Å². The van der Waals surface area contributed by atoms with E-state index in [1.54, 1.807) is 6.92 Å². The first-order valence-corrected chi connectivity index (χ1v) is 4.97. The number of amides is 1. The molecular weight excluding hydrogens is 221 g/mol. The number of nitrogens with zero attached hydrogens (tertiary/aromatic N) is 1. The van der Waals surface area contributed by atoms with E-state index in [1.165, 1.54) is 0 Å². The highest BCUT2D eigenvalue weighted by atomic mass is 19.4. The summed E-state index contributed by atoms with van der Waals surface area (Å²) in [5.74, 6) is -1.06. The number of halogens is 3. The normalized spacial score (nSPS) is 21.4. The van der Waals surface area contributed by atoms with E-state index in [4.69, 9.17) is 5.73 Å². The summed E-state index contributed by atoms with van der Waals surface area (Å²) in [5.41, 5.74) is 3.16. The quantitative estimate of drug-likeness (QED) is 0.700. The molecule has 0 saturated heterocycles. The third-order valence-electron chi connectivity index (χ3n) is 2.65. The van der Waals surface area contributed by atoms with Crippen LogP contribution in [0.25, 0.3) is 0 Å². The highest BCUT2D eigenvalue weighted by Gasteiger charge is 2.55. The van der Waals surface area contributed by atoms with Gasteiger partial charge in [0.15, 0.2) is 5.54 Å². The first-order valence-electron chi connectivity index (χ1n) is 4.97. The van der Waals surface area contributed by atoms with Crippen molar-refractivity contribution in [1.82, 2.24) is 4.90 Å². The molecule has 1 aliphatic rings. The second-order valence-electron chi connectivity index (χ2n) is 4.27. The fourth-order valence-corrected chi connectivity index (χ4v) is 1.53. The molecule has 0 aliphatic carbocycles. The van der Waals surface area contributed by atoms with Crippen LogP contribution in [-0.2, 0) is 4.79 Å². The van der Waals surface area contributed by atoms with Gasteiger partial charge in [-0.15, -0.1) is 0 Å². The molecule has 1 aliphatic heterocycles. The van der Waals surface area contributed by atoms with Crippen LogP contribution < -0.4 is 5.73 Å². The smallest absolute Gasteiger partial charge is 0.337 e. The summed E-state index contributed by atoms with van der Waals surface area (Å²) in [5, 5.41) is 0. The number of rotatable bonds is 1.